The number of anilines is 2. The van der Waals surface area contributed by atoms with Crippen molar-refractivity contribution in [2.45, 2.75) is 24.8 Å². The first-order valence-electron chi connectivity index (χ1n) is 10.1. The molecule has 6 nitrogen and oxygen atoms in total. The molecule has 2 aromatic rings. The molecule has 3 rings (SSSR count). The summed E-state index contributed by atoms with van der Waals surface area (Å²) in [5, 5.41) is 7.78. The number of halogens is 1. The Morgan fingerprint density at radius 1 is 1.38 bits per heavy atom. The molecule has 1 amide bonds. The van der Waals surface area contributed by atoms with E-state index in [0.717, 1.165) is 11.0 Å². The summed E-state index contributed by atoms with van der Waals surface area (Å²) in [5.41, 5.74) is -1.32. The second kappa shape index (κ2) is 5.77. The zero-order chi connectivity index (χ0) is 23.6. The molecular formula is C16H16ClN3O3S. The Kier molecular flexibility index (Phi) is 2.41. The topological polar surface area (TPSA) is 92.5 Å². The standard InChI is InChI=1S/C16H16ClN3O3S/c1-9-5-3-4-6-14(9)20-10(2)19-13-8-12(17)15(24(18,22)23)7-11(13)16(20)21/h3-8,10,19H,1-2H3,(H2,18,22,23)/i1D3,3D,4D,5D,6D. The maximum atomic E-state index is 13.3. The number of sulfonamides is 1. The maximum Gasteiger partial charge on any atom is 0.262 e. The lowest BCUT2D eigenvalue weighted by atomic mass is 10.1. The van der Waals surface area contributed by atoms with Gasteiger partial charge in [0, 0.05) is 9.80 Å². The molecule has 3 N–H and O–H groups in total. The Labute approximate surface area is 155 Å². The van der Waals surface area contributed by atoms with Crippen molar-refractivity contribution in [2.75, 3.05) is 10.2 Å². The minimum Gasteiger partial charge on any atom is -0.364 e. The van der Waals surface area contributed by atoms with Crippen LogP contribution in [0.3, 0.4) is 0 Å². The van der Waals surface area contributed by atoms with E-state index in [-0.39, 0.29) is 16.3 Å². The lowest BCUT2D eigenvalue weighted by molar-refractivity contribution is 0.0976. The molecule has 0 spiro atoms. The molecule has 0 saturated heterocycles. The number of hydrogen-bond donors (Lipinski definition) is 2. The highest BCUT2D eigenvalue weighted by Gasteiger charge is 2.33. The average molecular weight is 373 g/mol. The normalized spacial score (nSPS) is 22.1. The smallest absolute Gasteiger partial charge is 0.262 e. The largest absolute Gasteiger partial charge is 0.364 e. The van der Waals surface area contributed by atoms with Crippen LogP contribution in [0.2, 0.25) is 5.02 Å². The Hall–Kier alpha value is -2.09. The van der Waals surface area contributed by atoms with Crippen LogP contribution in [0.5, 0.6) is 0 Å². The quantitative estimate of drug-likeness (QED) is 0.847. The minimum absolute atomic E-state index is 0.155. The molecule has 0 aromatic heterocycles. The van der Waals surface area contributed by atoms with Gasteiger partial charge in [0.2, 0.25) is 10.0 Å². The Balaban J connectivity index is 2.34. The summed E-state index contributed by atoms with van der Waals surface area (Å²) in [6.45, 7) is -1.51. The van der Waals surface area contributed by atoms with E-state index in [1.54, 1.807) is 0 Å². The molecule has 0 saturated carbocycles. The first-order valence-corrected chi connectivity index (χ1v) is 8.57. The summed E-state index contributed by atoms with van der Waals surface area (Å²) in [5.74, 6) is -0.890. The highest BCUT2D eigenvalue weighted by molar-refractivity contribution is 7.89. The number of amides is 1. The fraction of sp³-hybridized carbons (Fsp3) is 0.188. The number of nitrogens with zero attached hydrogens (tertiary/aromatic N) is 1. The van der Waals surface area contributed by atoms with Crippen LogP contribution in [-0.4, -0.2) is 20.5 Å². The van der Waals surface area contributed by atoms with Gasteiger partial charge in [0.25, 0.3) is 5.91 Å². The molecule has 0 radical (unpaired) electrons. The number of nitrogens with one attached hydrogen (secondary N) is 1. The summed E-state index contributed by atoms with van der Waals surface area (Å²) in [6, 6.07) is -0.884. The zero-order valence-corrected chi connectivity index (χ0v) is 13.8. The number of hydrogen-bond acceptors (Lipinski definition) is 4. The number of fused-ring (bicyclic) bond motifs is 1. The van der Waals surface area contributed by atoms with Crippen LogP contribution in [0.1, 0.15) is 32.4 Å². The summed E-state index contributed by atoms with van der Waals surface area (Å²) in [4.78, 5) is 13.7. The average Bonchev–Trinajstić information content (AvgIpc) is 2.61. The van der Waals surface area contributed by atoms with Crippen LogP contribution in [0.15, 0.2) is 41.2 Å². The number of carbonyl (C=O) groups is 1. The minimum atomic E-state index is -4.29. The highest BCUT2D eigenvalue weighted by Crippen LogP contribution is 2.35. The van der Waals surface area contributed by atoms with E-state index in [1.165, 1.54) is 13.0 Å². The van der Waals surface area contributed by atoms with E-state index in [4.69, 9.17) is 26.3 Å². The molecule has 1 aliphatic heterocycles. The number of primary sulfonamides is 1. The van der Waals surface area contributed by atoms with Crippen LogP contribution in [-0.2, 0) is 10.0 Å². The van der Waals surface area contributed by atoms with Gasteiger partial charge in [0.15, 0.2) is 0 Å². The number of nitrogens with two attached hydrogens (primary N) is 1. The Morgan fingerprint density at radius 3 is 2.75 bits per heavy atom. The molecule has 126 valence electrons. The summed E-state index contributed by atoms with van der Waals surface area (Å²) in [6.07, 6.45) is -0.961. The fourth-order valence-corrected chi connectivity index (χ4v) is 3.54. The SMILES string of the molecule is [2H]c1c([2H])c([2H])c(C([2H])([2H])[2H])c(N2C(=O)c3cc(S(N)(=O)=O)c(Cl)cc3NC2C)c1[2H]. The van der Waals surface area contributed by atoms with Gasteiger partial charge in [-0.15, -0.1) is 0 Å². The third kappa shape index (κ3) is 2.75. The second-order valence-electron chi connectivity index (χ2n) is 5.09. The molecule has 1 heterocycles. The van der Waals surface area contributed by atoms with Crippen molar-refractivity contribution in [2.24, 2.45) is 5.14 Å². The zero-order valence-electron chi connectivity index (χ0n) is 19.3. The fourth-order valence-electron chi connectivity index (χ4n) is 2.44. The third-order valence-corrected chi connectivity index (χ3v) is 4.86. The lowest BCUT2D eigenvalue weighted by Crippen LogP contribution is -2.47. The summed E-state index contributed by atoms with van der Waals surface area (Å²) < 4.78 is 78.9. The van der Waals surface area contributed by atoms with E-state index in [0.29, 0.717) is 0 Å². The van der Waals surface area contributed by atoms with Crippen molar-refractivity contribution in [3.8, 4) is 0 Å². The van der Waals surface area contributed by atoms with Crippen LogP contribution >= 0.6 is 11.6 Å². The molecular weight excluding hydrogens is 350 g/mol. The molecule has 2 aromatic carbocycles. The van der Waals surface area contributed by atoms with E-state index in [2.05, 4.69) is 5.32 Å². The first-order chi connectivity index (χ1) is 14.1. The predicted octanol–water partition coefficient (Wildman–Crippen LogP) is 2.71. The molecule has 0 aliphatic carbocycles. The molecule has 24 heavy (non-hydrogen) atoms. The molecule has 1 aliphatic rings. The van der Waals surface area contributed by atoms with Crippen molar-refractivity contribution >= 4 is 38.9 Å². The van der Waals surface area contributed by atoms with Crippen LogP contribution < -0.4 is 15.4 Å². The lowest BCUT2D eigenvalue weighted by Gasteiger charge is -2.37. The number of para-hydroxylation sites is 1. The van der Waals surface area contributed by atoms with Crippen LogP contribution in [0, 0.1) is 6.85 Å². The molecule has 1 atom stereocenters. The van der Waals surface area contributed by atoms with Crippen LogP contribution in [0.25, 0.3) is 0 Å². The van der Waals surface area contributed by atoms with Gasteiger partial charge in [0.1, 0.15) is 11.1 Å². The van der Waals surface area contributed by atoms with Gasteiger partial charge in [-0.1, -0.05) is 29.7 Å². The van der Waals surface area contributed by atoms with Crippen molar-refractivity contribution in [3.63, 3.8) is 0 Å². The van der Waals surface area contributed by atoms with E-state index in [9.17, 15) is 13.2 Å². The van der Waals surface area contributed by atoms with E-state index < -0.39 is 69.3 Å². The molecule has 0 bridgehead atoms. The van der Waals surface area contributed by atoms with Crippen molar-refractivity contribution in [1.29, 1.82) is 0 Å². The van der Waals surface area contributed by atoms with Gasteiger partial charge in [-0.3, -0.25) is 9.69 Å². The summed E-state index contributed by atoms with van der Waals surface area (Å²) in [7, 11) is -4.29. The van der Waals surface area contributed by atoms with Gasteiger partial charge in [-0.2, -0.15) is 0 Å². The van der Waals surface area contributed by atoms with Crippen LogP contribution in [0.4, 0.5) is 11.4 Å². The van der Waals surface area contributed by atoms with Crippen molar-refractivity contribution in [1.82, 2.24) is 0 Å². The highest BCUT2D eigenvalue weighted by atomic mass is 35.5. The monoisotopic (exact) mass is 372 g/mol. The van der Waals surface area contributed by atoms with Gasteiger partial charge in [-0.05, 0) is 37.5 Å². The van der Waals surface area contributed by atoms with E-state index in [1.807, 2.05) is 0 Å². The summed E-state index contributed by atoms with van der Waals surface area (Å²) >= 11 is 5.97. The van der Waals surface area contributed by atoms with Gasteiger partial charge in [0.05, 0.1) is 21.8 Å². The van der Waals surface area contributed by atoms with Crippen molar-refractivity contribution in [3.05, 3.63) is 52.5 Å². The van der Waals surface area contributed by atoms with E-state index >= 15 is 0 Å². The number of carbonyl (C=O) groups excluding carboxylic acids is 1. The number of rotatable bonds is 2. The first kappa shape index (κ1) is 10.0. The van der Waals surface area contributed by atoms with Gasteiger partial charge < -0.3 is 5.32 Å². The molecule has 8 heteroatoms. The Bertz CT molecular complexity index is 1230. The Morgan fingerprint density at radius 2 is 2.08 bits per heavy atom. The molecule has 1 unspecified atom stereocenters. The number of benzene rings is 2. The predicted molar refractivity (Wildman–Crippen MR) is 93.9 cm³/mol. The maximum absolute atomic E-state index is 13.3. The third-order valence-electron chi connectivity index (χ3n) is 3.49. The van der Waals surface area contributed by atoms with Gasteiger partial charge in [-0.25, -0.2) is 13.6 Å². The van der Waals surface area contributed by atoms with Crippen molar-refractivity contribution < 1.29 is 22.8 Å². The van der Waals surface area contributed by atoms with Gasteiger partial charge >= 0.3 is 0 Å². The second-order valence-corrected chi connectivity index (χ2v) is 7.03. The molecule has 0 fully saturated rings.